The van der Waals surface area contributed by atoms with Gasteiger partial charge in [0, 0.05) is 49.1 Å². The molecule has 0 fully saturated rings. The van der Waals surface area contributed by atoms with E-state index >= 15 is 0 Å². The van der Waals surface area contributed by atoms with Crippen LogP contribution in [0.3, 0.4) is 0 Å². The molecule has 4 heterocycles. The van der Waals surface area contributed by atoms with E-state index < -0.39 is 5.60 Å². The van der Waals surface area contributed by atoms with Gasteiger partial charge in [-0.15, -0.1) is 0 Å². The molecule has 0 saturated carbocycles. The maximum atomic E-state index is 12.6. The van der Waals surface area contributed by atoms with Crippen LogP contribution in [0.1, 0.15) is 32.6 Å². The molecule has 4 aromatic carbocycles. The fourth-order valence-corrected chi connectivity index (χ4v) is 6.47. The van der Waals surface area contributed by atoms with Crippen molar-refractivity contribution in [2.45, 2.75) is 12.5 Å². The van der Waals surface area contributed by atoms with Crippen LogP contribution in [0.5, 0.6) is 11.5 Å². The highest BCUT2D eigenvalue weighted by Gasteiger charge is 2.53. The summed E-state index contributed by atoms with van der Waals surface area (Å²) in [6, 6.07) is 35.9. The Morgan fingerprint density at radius 2 is 1.32 bits per heavy atom. The lowest BCUT2D eigenvalue weighted by Crippen LogP contribution is -2.32. The Bertz CT molecular complexity index is 1910. The molecule has 2 aromatic heterocycles. The normalized spacial score (nSPS) is 13.9. The number of esters is 1. The lowest BCUT2D eigenvalue weighted by molar-refractivity contribution is 0.0224. The highest BCUT2D eigenvalue weighted by Crippen LogP contribution is 2.56. The second kappa shape index (κ2) is 10.1. The molecule has 0 amide bonds. The van der Waals surface area contributed by atoms with Crippen LogP contribution in [-0.4, -0.2) is 10.4 Å². The summed E-state index contributed by atoms with van der Waals surface area (Å²) in [6.07, 6.45) is 4.29. The first-order chi connectivity index (χ1) is 20.0. The van der Waals surface area contributed by atoms with Gasteiger partial charge in [0.05, 0.1) is 5.56 Å². The molecular formula is C35H23Br2NO3. The topological polar surface area (TPSA) is 39.9 Å². The number of aryl methyl sites for hydroxylation is 1. The summed E-state index contributed by atoms with van der Waals surface area (Å²) >= 11 is 6.98. The molecular weight excluding hydrogens is 642 g/mol. The molecule has 8 rings (SSSR count). The number of hydrogen-bond acceptors (Lipinski definition) is 3. The van der Waals surface area contributed by atoms with Gasteiger partial charge in [-0.25, -0.2) is 4.79 Å². The molecule has 41 heavy (non-hydrogen) atoms. The lowest BCUT2D eigenvalue weighted by Gasteiger charge is -2.36. The van der Waals surface area contributed by atoms with E-state index in [-0.39, 0.29) is 5.97 Å². The quantitative estimate of drug-likeness (QED) is 0.164. The number of hydrogen-bond donors (Lipinski definition) is 0. The second-order valence-electron chi connectivity index (χ2n) is 10.0. The Kier molecular flexibility index (Phi) is 6.33. The molecule has 200 valence electrons. The van der Waals surface area contributed by atoms with E-state index in [1.165, 1.54) is 22.2 Å². The summed E-state index contributed by atoms with van der Waals surface area (Å²) in [5.41, 5.74) is 7.30. The number of rotatable bonds is 1. The molecule has 6 aromatic rings. The summed E-state index contributed by atoms with van der Waals surface area (Å²) < 4.78 is 16.1. The summed E-state index contributed by atoms with van der Waals surface area (Å²) in [4.78, 5) is 12.6. The van der Waals surface area contributed by atoms with Gasteiger partial charge >= 0.3 is 5.97 Å². The Balaban J connectivity index is 0.000000149. The van der Waals surface area contributed by atoms with E-state index in [1.54, 1.807) is 6.07 Å². The molecule has 0 N–H and O–H groups in total. The smallest absolute Gasteiger partial charge is 0.340 e. The fourth-order valence-electron chi connectivity index (χ4n) is 5.79. The van der Waals surface area contributed by atoms with Crippen molar-refractivity contribution in [2.24, 2.45) is 0 Å². The molecule has 0 saturated heterocycles. The van der Waals surface area contributed by atoms with Crippen LogP contribution >= 0.6 is 31.9 Å². The van der Waals surface area contributed by atoms with Gasteiger partial charge in [0.1, 0.15) is 11.5 Å². The van der Waals surface area contributed by atoms with Gasteiger partial charge in [-0.3, -0.25) is 0 Å². The first-order valence-electron chi connectivity index (χ1n) is 13.2. The molecule has 0 atom stereocenters. The minimum absolute atomic E-state index is 0.319. The van der Waals surface area contributed by atoms with E-state index in [4.69, 9.17) is 9.47 Å². The highest BCUT2D eigenvalue weighted by atomic mass is 79.9. The average molecular weight is 665 g/mol. The molecule has 0 unspecified atom stereocenters. The molecule has 2 aliphatic heterocycles. The number of fused-ring (bicyclic) bond motifs is 7. The Hall–Kier alpha value is -4.13. The fraction of sp³-hybridized carbons (Fsp3) is 0.0571. The molecule has 1 spiro atoms. The number of aromatic nitrogens is 1. The second-order valence-corrected chi connectivity index (χ2v) is 11.9. The van der Waals surface area contributed by atoms with Gasteiger partial charge in [0.2, 0.25) is 0 Å². The van der Waals surface area contributed by atoms with Crippen molar-refractivity contribution >= 4 is 43.3 Å². The largest absolute Gasteiger partial charge is 0.456 e. The van der Waals surface area contributed by atoms with Gasteiger partial charge < -0.3 is 13.9 Å². The third-order valence-corrected chi connectivity index (χ3v) is 8.66. The van der Waals surface area contributed by atoms with Crippen LogP contribution in [-0.2, 0) is 10.3 Å². The van der Waals surface area contributed by atoms with Crippen LogP contribution in [0.15, 0.2) is 131 Å². The van der Waals surface area contributed by atoms with Crippen molar-refractivity contribution in [3.05, 3.63) is 158 Å². The molecule has 0 aliphatic carbocycles. The summed E-state index contributed by atoms with van der Waals surface area (Å²) in [5, 5.41) is 0. The van der Waals surface area contributed by atoms with Crippen LogP contribution < -0.4 is 4.74 Å². The van der Waals surface area contributed by atoms with E-state index in [0.29, 0.717) is 17.1 Å². The molecule has 0 radical (unpaired) electrons. The third-order valence-electron chi connectivity index (χ3n) is 7.67. The highest BCUT2D eigenvalue weighted by molar-refractivity contribution is 9.10. The molecule has 6 heteroatoms. The van der Waals surface area contributed by atoms with Gasteiger partial charge in [-0.05, 0) is 72.6 Å². The lowest BCUT2D eigenvalue weighted by atomic mass is 9.78. The summed E-state index contributed by atoms with van der Waals surface area (Å²) in [6.45, 7) is 2.18. The zero-order valence-electron chi connectivity index (χ0n) is 22.0. The summed E-state index contributed by atoms with van der Waals surface area (Å²) in [7, 11) is 0. The zero-order valence-corrected chi connectivity index (χ0v) is 25.1. The van der Waals surface area contributed by atoms with E-state index in [9.17, 15) is 4.79 Å². The van der Waals surface area contributed by atoms with Crippen molar-refractivity contribution in [3.63, 3.8) is 0 Å². The Labute approximate surface area is 254 Å². The van der Waals surface area contributed by atoms with E-state index in [2.05, 4.69) is 104 Å². The van der Waals surface area contributed by atoms with Gasteiger partial charge in [-0.2, -0.15) is 0 Å². The van der Waals surface area contributed by atoms with Crippen molar-refractivity contribution in [1.29, 1.82) is 0 Å². The van der Waals surface area contributed by atoms with Gasteiger partial charge in [-0.1, -0.05) is 86.5 Å². The first kappa shape index (κ1) is 25.8. The van der Waals surface area contributed by atoms with Gasteiger partial charge in [0.25, 0.3) is 0 Å². The number of ether oxygens (including phenoxy) is 2. The maximum absolute atomic E-state index is 12.6. The van der Waals surface area contributed by atoms with E-state index in [0.717, 1.165) is 25.6 Å². The monoisotopic (exact) mass is 663 g/mol. The zero-order chi connectivity index (χ0) is 28.1. The van der Waals surface area contributed by atoms with Crippen LogP contribution in [0, 0.1) is 6.92 Å². The Morgan fingerprint density at radius 1 is 0.683 bits per heavy atom. The molecule has 4 nitrogen and oxygen atoms in total. The maximum Gasteiger partial charge on any atom is 0.340 e. The Morgan fingerprint density at radius 3 is 2.00 bits per heavy atom. The van der Waals surface area contributed by atoms with Crippen molar-refractivity contribution in [3.8, 4) is 22.6 Å². The predicted octanol–water partition coefficient (Wildman–Crippen LogP) is 9.69. The van der Waals surface area contributed by atoms with Crippen LogP contribution in [0.4, 0.5) is 0 Å². The third kappa shape index (κ3) is 4.21. The summed E-state index contributed by atoms with van der Waals surface area (Å²) in [5.74, 6) is 1.02. The van der Waals surface area contributed by atoms with Crippen LogP contribution in [0.2, 0.25) is 0 Å². The van der Waals surface area contributed by atoms with Crippen LogP contribution in [0.25, 0.3) is 16.6 Å². The number of nitrogens with zero attached hydrogens (tertiary/aromatic N) is 1. The van der Waals surface area contributed by atoms with E-state index in [1.807, 2.05) is 54.6 Å². The van der Waals surface area contributed by atoms with Crippen molar-refractivity contribution in [1.82, 2.24) is 4.40 Å². The van der Waals surface area contributed by atoms with Gasteiger partial charge in [0.15, 0.2) is 5.60 Å². The standard InChI is InChI=1S/C20H10Br2O3.C15H13N/c21-11-5-7-15-17(9-11)24-18-10-12(22)6-8-16(18)20(15)14-4-2-1-3-13(14)19(23)25-20;1-12-14(13-7-3-2-4-8-13)11-16-10-6-5-9-15(12)16/h1-10H;2-11H,1H3. The van der Waals surface area contributed by atoms with Crippen molar-refractivity contribution in [2.75, 3.05) is 0 Å². The number of carbonyl (C=O) groups excluding carboxylic acids is 1. The minimum atomic E-state index is -0.988. The number of carbonyl (C=O) groups is 1. The molecule has 2 aliphatic rings. The molecule has 0 bridgehead atoms. The SMILES string of the molecule is Cc1c(-c2ccccc2)cn2ccccc12.O=C1OC2(c3ccc(Br)cc3Oc3cc(Br)ccc32)c2ccccc21. The minimum Gasteiger partial charge on any atom is -0.456 e. The average Bonchev–Trinajstić information content (AvgIpc) is 3.48. The predicted molar refractivity (Wildman–Crippen MR) is 168 cm³/mol. The first-order valence-corrected chi connectivity index (χ1v) is 14.8. The number of benzene rings is 4. The number of pyridine rings is 1. The number of halogens is 2. The van der Waals surface area contributed by atoms with Crippen molar-refractivity contribution < 1.29 is 14.3 Å².